The second-order valence-corrected chi connectivity index (χ2v) is 16.5. The van der Waals surface area contributed by atoms with Crippen LogP contribution in [0.2, 0.25) is 0 Å². The summed E-state index contributed by atoms with van der Waals surface area (Å²) in [6.07, 6.45) is 36.0. The number of fused-ring (bicyclic) bond motifs is 1. The molecule has 0 unspecified atom stereocenters. The number of ether oxygens (including phenoxy) is 3. The van der Waals surface area contributed by atoms with Gasteiger partial charge < -0.3 is 19.3 Å². The van der Waals surface area contributed by atoms with Gasteiger partial charge in [-0.15, -0.1) is 0 Å². The molecule has 4 atom stereocenters. The first kappa shape index (κ1) is 48.7. The molecule has 0 aromatic carbocycles. The van der Waals surface area contributed by atoms with Crippen molar-refractivity contribution in [2.75, 3.05) is 21.3 Å². The molecule has 2 aliphatic carbocycles. The molecule has 0 heterocycles. The Kier molecular flexibility index (Phi) is 25.5. The molecule has 0 saturated heterocycles. The summed E-state index contributed by atoms with van der Waals surface area (Å²) < 4.78 is 15.5. The predicted octanol–water partition coefficient (Wildman–Crippen LogP) is 11.6. The second-order valence-electron chi connectivity index (χ2n) is 16.5. The number of carbonyl (C=O) groups is 4. The van der Waals surface area contributed by atoms with E-state index in [0.717, 1.165) is 44.9 Å². The van der Waals surface area contributed by atoms with Gasteiger partial charge in [-0.3, -0.25) is 14.4 Å². The van der Waals surface area contributed by atoms with Crippen molar-refractivity contribution in [3.63, 3.8) is 0 Å². The van der Waals surface area contributed by atoms with E-state index < -0.39 is 47.0 Å². The first-order valence-electron chi connectivity index (χ1n) is 22.7. The van der Waals surface area contributed by atoms with Crippen LogP contribution < -0.4 is 0 Å². The van der Waals surface area contributed by atoms with Crippen LogP contribution in [-0.4, -0.2) is 55.7 Å². The Balaban J connectivity index is 2.03. The molecular formula is C47H80O8. The van der Waals surface area contributed by atoms with Crippen molar-refractivity contribution in [2.45, 2.75) is 212 Å². The largest absolute Gasteiger partial charge is 0.469 e. The Bertz CT molecular complexity index is 1190. The summed E-state index contributed by atoms with van der Waals surface area (Å²) in [6, 6.07) is 0. The summed E-state index contributed by atoms with van der Waals surface area (Å²) in [5.41, 5.74) is -1.57. The fourth-order valence-electron chi connectivity index (χ4n) is 9.08. The van der Waals surface area contributed by atoms with Crippen molar-refractivity contribution < 1.29 is 38.5 Å². The highest BCUT2D eigenvalue weighted by Gasteiger charge is 2.66. The molecule has 0 aliphatic heterocycles. The topological polar surface area (TPSA) is 116 Å². The maximum absolute atomic E-state index is 14.1. The van der Waals surface area contributed by atoms with Gasteiger partial charge in [-0.25, -0.2) is 4.79 Å². The lowest BCUT2D eigenvalue weighted by Gasteiger charge is -2.44. The van der Waals surface area contributed by atoms with Gasteiger partial charge in [0, 0.05) is 0 Å². The van der Waals surface area contributed by atoms with Crippen molar-refractivity contribution in [3.8, 4) is 0 Å². The van der Waals surface area contributed by atoms with Gasteiger partial charge in [0.25, 0.3) is 0 Å². The van der Waals surface area contributed by atoms with Crippen LogP contribution in [0.15, 0.2) is 22.8 Å². The third kappa shape index (κ3) is 15.8. The summed E-state index contributed by atoms with van der Waals surface area (Å²) >= 11 is 0. The molecular weight excluding hydrogens is 693 g/mol. The van der Waals surface area contributed by atoms with Crippen LogP contribution >= 0.6 is 0 Å². The van der Waals surface area contributed by atoms with E-state index >= 15 is 0 Å². The lowest BCUT2D eigenvalue weighted by Crippen LogP contribution is -2.56. The molecule has 0 spiro atoms. The molecule has 0 saturated carbocycles. The number of rotatable bonds is 33. The van der Waals surface area contributed by atoms with Crippen molar-refractivity contribution in [1.29, 1.82) is 0 Å². The molecule has 0 amide bonds. The molecule has 2 aliphatic rings. The maximum Gasteiger partial charge on any atom is 0.341 e. The van der Waals surface area contributed by atoms with Gasteiger partial charge in [-0.05, 0) is 31.3 Å². The minimum atomic E-state index is -2.09. The van der Waals surface area contributed by atoms with Gasteiger partial charge in [0.2, 0.25) is 0 Å². The van der Waals surface area contributed by atoms with Gasteiger partial charge in [-0.1, -0.05) is 192 Å². The van der Waals surface area contributed by atoms with Crippen molar-refractivity contribution in [1.82, 2.24) is 0 Å². The first-order chi connectivity index (χ1) is 26.7. The van der Waals surface area contributed by atoms with Gasteiger partial charge in [0.1, 0.15) is 17.1 Å². The van der Waals surface area contributed by atoms with E-state index in [9.17, 15) is 24.3 Å². The fourth-order valence-corrected chi connectivity index (χ4v) is 9.08. The van der Waals surface area contributed by atoms with Crippen LogP contribution in [0.25, 0.3) is 0 Å². The van der Waals surface area contributed by atoms with Crippen LogP contribution in [0.3, 0.4) is 0 Å². The Morgan fingerprint density at radius 3 is 1.27 bits per heavy atom. The molecule has 1 N–H and O–H groups in total. The Morgan fingerprint density at radius 1 is 0.545 bits per heavy atom. The number of methoxy groups -OCH3 is 3. The molecule has 0 radical (unpaired) electrons. The van der Waals surface area contributed by atoms with E-state index in [1.54, 1.807) is 6.08 Å². The monoisotopic (exact) mass is 773 g/mol. The molecule has 316 valence electrons. The third-order valence-corrected chi connectivity index (χ3v) is 12.3. The Labute approximate surface area is 335 Å². The zero-order valence-electron chi connectivity index (χ0n) is 35.8. The van der Waals surface area contributed by atoms with Crippen LogP contribution in [0.5, 0.6) is 0 Å². The van der Waals surface area contributed by atoms with E-state index in [0.29, 0.717) is 18.4 Å². The van der Waals surface area contributed by atoms with Gasteiger partial charge in [0.15, 0.2) is 5.78 Å². The Hall–Kier alpha value is -2.48. The van der Waals surface area contributed by atoms with Gasteiger partial charge in [-0.2, -0.15) is 0 Å². The number of hydrogen-bond acceptors (Lipinski definition) is 8. The van der Waals surface area contributed by atoms with Crippen LogP contribution in [0.4, 0.5) is 0 Å². The fraction of sp³-hybridized carbons (Fsp3) is 0.830. The SMILES string of the molecule is CCCCCCCCCCCCCCCCC1=C[C@H](C(=O)OC)[C@H]2C(=O)C(C(=O)OC)=C(CCCCCCCCCCCCCCCC)[C@@]2(O)[C@H]1C(=O)OC. The number of hydrogen-bond donors (Lipinski definition) is 1. The number of Topliss-reactive ketones (excluding diaryl/α,β-unsaturated/α-hetero) is 1. The normalized spacial score (nSPS) is 20.7. The van der Waals surface area contributed by atoms with Crippen molar-refractivity contribution in [2.24, 2.45) is 17.8 Å². The summed E-state index contributed by atoms with van der Waals surface area (Å²) in [6.45, 7) is 4.50. The van der Waals surface area contributed by atoms with E-state index in [4.69, 9.17) is 14.2 Å². The molecule has 0 fully saturated rings. The zero-order chi connectivity index (χ0) is 40.3. The second kappa shape index (κ2) is 28.8. The third-order valence-electron chi connectivity index (χ3n) is 12.3. The molecule has 2 rings (SSSR count). The van der Waals surface area contributed by atoms with E-state index in [2.05, 4.69) is 13.8 Å². The first-order valence-corrected chi connectivity index (χ1v) is 22.7. The average molecular weight is 773 g/mol. The Morgan fingerprint density at radius 2 is 0.909 bits per heavy atom. The van der Waals surface area contributed by atoms with Crippen LogP contribution in [-0.2, 0) is 33.4 Å². The molecule has 0 aromatic rings. The lowest BCUT2D eigenvalue weighted by molar-refractivity contribution is -0.164. The van der Waals surface area contributed by atoms with Gasteiger partial charge >= 0.3 is 17.9 Å². The number of ketones is 1. The zero-order valence-corrected chi connectivity index (χ0v) is 35.8. The summed E-state index contributed by atoms with van der Waals surface area (Å²) in [5.74, 6) is -6.61. The summed E-state index contributed by atoms with van der Waals surface area (Å²) in [7, 11) is 3.72. The van der Waals surface area contributed by atoms with Crippen LogP contribution in [0, 0.1) is 17.8 Å². The molecule has 8 nitrogen and oxygen atoms in total. The minimum absolute atomic E-state index is 0.198. The highest BCUT2D eigenvalue weighted by Crippen LogP contribution is 2.55. The van der Waals surface area contributed by atoms with Crippen molar-refractivity contribution >= 4 is 23.7 Å². The van der Waals surface area contributed by atoms with Gasteiger partial charge in [0.05, 0.1) is 33.2 Å². The lowest BCUT2D eigenvalue weighted by atomic mass is 9.61. The molecule has 8 heteroatoms. The molecule has 0 aromatic heterocycles. The van der Waals surface area contributed by atoms with E-state index in [-0.39, 0.29) is 17.6 Å². The summed E-state index contributed by atoms with van der Waals surface area (Å²) in [5, 5.41) is 12.8. The quantitative estimate of drug-likeness (QED) is 0.0230. The number of aliphatic hydroxyl groups is 1. The maximum atomic E-state index is 14.1. The highest BCUT2D eigenvalue weighted by molar-refractivity contribution is 6.22. The number of esters is 3. The summed E-state index contributed by atoms with van der Waals surface area (Å²) in [4.78, 5) is 54.2. The molecule has 0 bridgehead atoms. The number of carbonyl (C=O) groups excluding carboxylic acids is 4. The van der Waals surface area contributed by atoms with E-state index in [1.165, 1.54) is 150 Å². The van der Waals surface area contributed by atoms with Crippen LogP contribution in [0.1, 0.15) is 206 Å². The van der Waals surface area contributed by atoms with Crippen molar-refractivity contribution in [3.05, 3.63) is 22.8 Å². The standard InChI is InChI=1S/C47H80O8/c1-6-8-10-12-14-16-18-20-22-24-26-28-30-32-34-37-36-38(44(49)53-3)42-43(48)40(45(50)54-4)39(47(42,52)41(37)46(51)55-5)35-33-31-29-27-25-23-21-19-17-15-13-11-9-7-2/h36,38,41-42,52H,6-35H2,1-5H3/t38-,41+,42-,47+/m0/s1. The predicted molar refractivity (Wildman–Crippen MR) is 221 cm³/mol. The molecule has 55 heavy (non-hydrogen) atoms. The highest BCUT2D eigenvalue weighted by atomic mass is 16.5. The van der Waals surface area contributed by atoms with E-state index in [1.807, 2.05) is 0 Å². The average Bonchev–Trinajstić information content (AvgIpc) is 3.42. The smallest absolute Gasteiger partial charge is 0.341 e. The number of unbranched alkanes of at least 4 members (excludes halogenated alkanes) is 26. The minimum Gasteiger partial charge on any atom is -0.469 e.